The topological polar surface area (TPSA) is 6.48 Å². The van der Waals surface area contributed by atoms with Gasteiger partial charge in [-0.2, -0.15) is 0 Å². The van der Waals surface area contributed by atoms with Crippen LogP contribution in [0.3, 0.4) is 0 Å². The average molecular weight is 397 g/mol. The highest BCUT2D eigenvalue weighted by molar-refractivity contribution is 7.99. The van der Waals surface area contributed by atoms with Gasteiger partial charge in [0.25, 0.3) is 0 Å². The lowest BCUT2D eigenvalue weighted by molar-refractivity contribution is 1.10. The minimum absolute atomic E-state index is 1.10. The average Bonchev–Trinajstić information content (AvgIpc) is 3.18. The molecule has 0 aliphatic carbocycles. The zero-order valence-electron chi connectivity index (χ0n) is 16.5. The number of benzene rings is 4. The van der Waals surface area contributed by atoms with Crippen molar-refractivity contribution in [1.82, 2.24) is 0 Å². The zero-order chi connectivity index (χ0) is 19.9. The number of anilines is 4. The number of rotatable bonds is 3. The Hall–Kier alpha value is -3.17. The molecule has 0 spiro atoms. The normalized spacial score (nSPS) is 12.0. The van der Waals surface area contributed by atoms with E-state index in [9.17, 15) is 0 Å². The van der Waals surface area contributed by atoms with Gasteiger partial charge < -0.3 is 9.80 Å². The third kappa shape index (κ3) is 4.64. The van der Waals surface area contributed by atoms with E-state index in [4.69, 9.17) is 0 Å². The van der Waals surface area contributed by atoms with Gasteiger partial charge in [0.1, 0.15) is 0 Å². The lowest BCUT2D eigenvalue weighted by Crippen LogP contribution is -2.10. The van der Waals surface area contributed by atoms with Gasteiger partial charge in [0, 0.05) is 29.0 Å². The van der Waals surface area contributed by atoms with Crippen LogP contribution in [0.4, 0.5) is 22.7 Å². The maximum atomic E-state index is 2.26. The van der Waals surface area contributed by atoms with Gasteiger partial charge in [-0.15, -0.1) is 11.8 Å². The van der Waals surface area contributed by atoms with Crippen molar-refractivity contribution in [3.05, 3.63) is 115 Å². The van der Waals surface area contributed by atoms with Crippen molar-refractivity contribution in [1.29, 1.82) is 0 Å². The molecular formula is C26H24N2S. The Morgan fingerprint density at radius 3 is 1.45 bits per heavy atom. The second-order valence-electron chi connectivity index (χ2n) is 6.78. The van der Waals surface area contributed by atoms with Crippen molar-refractivity contribution in [2.24, 2.45) is 0 Å². The Morgan fingerprint density at radius 2 is 1.00 bits per heavy atom. The lowest BCUT2D eigenvalue weighted by atomic mass is 10.2. The molecule has 4 aromatic rings. The van der Waals surface area contributed by atoms with Crippen LogP contribution in [-0.4, -0.2) is 12.9 Å². The molecule has 0 saturated carbocycles. The molecule has 0 aromatic heterocycles. The molecule has 1 heterocycles. The SMILES string of the molecule is CN1CSc2ccccc21.c1ccc(N(c2ccccc2)c2ccccc2)cc1. The van der Waals surface area contributed by atoms with Crippen LogP contribution < -0.4 is 9.80 Å². The molecule has 0 bridgehead atoms. The van der Waals surface area contributed by atoms with Crippen molar-refractivity contribution in [2.45, 2.75) is 4.90 Å². The first-order chi connectivity index (χ1) is 14.3. The Kier molecular flexibility index (Phi) is 6.18. The van der Waals surface area contributed by atoms with Crippen molar-refractivity contribution in [2.75, 3.05) is 22.7 Å². The van der Waals surface area contributed by atoms with Crippen LogP contribution in [0.1, 0.15) is 0 Å². The standard InChI is InChI=1S/C18H15N.C8H9NS/c1-4-10-16(11-5-1)19(17-12-6-2-7-13-17)18-14-8-3-9-15-18;1-9-6-10-8-5-3-2-4-7(8)9/h1-15H;2-5H,6H2,1H3. The Bertz CT molecular complexity index is 926. The third-order valence-corrected chi connectivity index (χ3v) is 5.91. The van der Waals surface area contributed by atoms with Crippen molar-refractivity contribution in [3.63, 3.8) is 0 Å². The van der Waals surface area contributed by atoms with E-state index in [1.807, 2.05) is 30.0 Å². The quantitative estimate of drug-likeness (QED) is 0.358. The summed E-state index contributed by atoms with van der Waals surface area (Å²) < 4.78 is 0. The van der Waals surface area contributed by atoms with Crippen LogP contribution >= 0.6 is 11.8 Å². The molecule has 2 nitrogen and oxygen atoms in total. The summed E-state index contributed by atoms with van der Waals surface area (Å²) in [6.07, 6.45) is 0. The predicted molar refractivity (Wildman–Crippen MR) is 127 cm³/mol. The first-order valence-corrected chi connectivity index (χ1v) is 10.7. The van der Waals surface area contributed by atoms with E-state index >= 15 is 0 Å². The van der Waals surface area contributed by atoms with Crippen molar-refractivity contribution >= 4 is 34.5 Å². The highest BCUT2D eigenvalue weighted by Crippen LogP contribution is 2.36. The monoisotopic (exact) mass is 396 g/mol. The first-order valence-electron chi connectivity index (χ1n) is 9.71. The third-order valence-electron chi connectivity index (χ3n) is 4.73. The largest absolute Gasteiger partial charge is 0.364 e. The van der Waals surface area contributed by atoms with E-state index < -0.39 is 0 Å². The summed E-state index contributed by atoms with van der Waals surface area (Å²) in [5, 5.41) is 0. The van der Waals surface area contributed by atoms with E-state index in [1.165, 1.54) is 27.6 Å². The van der Waals surface area contributed by atoms with Crippen LogP contribution in [0, 0.1) is 0 Å². The second-order valence-corrected chi connectivity index (χ2v) is 7.77. The summed E-state index contributed by atoms with van der Waals surface area (Å²) in [6, 6.07) is 39.8. The molecule has 0 saturated heterocycles. The van der Waals surface area contributed by atoms with Crippen molar-refractivity contribution in [3.8, 4) is 0 Å². The molecule has 0 amide bonds. The van der Waals surface area contributed by atoms with Gasteiger partial charge in [-0.25, -0.2) is 0 Å². The van der Waals surface area contributed by atoms with E-state index in [1.54, 1.807) is 0 Å². The van der Waals surface area contributed by atoms with Crippen LogP contribution in [0.15, 0.2) is 120 Å². The molecule has 0 radical (unpaired) electrons. The maximum absolute atomic E-state index is 2.26. The molecule has 5 rings (SSSR count). The number of hydrogen-bond donors (Lipinski definition) is 0. The Labute approximate surface area is 177 Å². The van der Waals surface area contributed by atoms with E-state index in [-0.39, 0.29) is 0 Å². The highest BCUT2D eigenvalue weighted by atomic mass is 32.2. The molecule has 0 unspecified atom stereocenters. The van der Waals surface area contributed by atoms with Gasteiger partial charge in [-0.3, -0.25) is 0 Å². The zero-order valence-corrected chi connectivity index (χ0v) is 17.3. The fourth-order valence-corrected chi connectivity index (χ4v) is 4.33. The van der Waals surface area contributed by atoms with E-state index in [2.05, 4.69) is 114 Å². The first kappa shape index (κ1) is 19.2. The molecule has 1 aliphatic heterocycles. The summed E-state index contributed by atoms with van der Waals surface area (Å²) in [7, 11) is 2.12. The van der Waals surface area contributed by atoms with Crippen LogP contribution in [0.5, 0.6) is 0 Å². The molecule has 0 atom stereocenters. The number of fused-ring (bicyclic) bond motifs is 1. The van der Waals surface area contributed by atoms with Gasteiger partial charge in [0.15, 0.2) is 0 Å². The molecule has 1 aliphatic rings. The summed E-state index contributed by atoms with van der Waals surface area (Å²) in [5.74, 6) is 1.10. The van der Waals surface area contributed by atoms with Gasteiger partial charge >= 0.3 is 0 Å². The van der Waals surface area contributed by atoms with Crippen molar-refractivity contribution < 1.29 is 0 Å². The predicted octanol–water partition coefficient (Wildman–Crippen LogP) is 7.34. The molecular weight excluding hydrogens is 372 g/mol. The van der Waals surface area contributed by atoms with Gasteiger partial charge in [0.2, 0.25) is 0 Å². The Morgan fingerprint density at radius 1 is 0.586 bits per heavy atom. The molecule has 3 heteroatoms. The summed E-state index contributed by atoms with van der Waals surface area (Å²) >= 11 is 1.90. The van der Waals surface area contributed by atoms with Gasteiger partial charge in [-0.05, 0) is 48.5 Å². The lowest BCUT2D eigenvalue weighted by Gasteiger charge is -2.25. The van der Waals surface area contributed by atoms with E-state index in [0.29, 0.717) is 0 Å². The van der Waals surface area contributed by atoms with Gasteiger partial charge in [-0.1, -0.05) is 66.7 Å². The summed E-state index contributed by atoms with van der Waals surface area (Å²) in [6.45, 7) is 0. The van der Waals surface area contributed by atoms with Crippen LogP contribution in [0.2, 0.25) is 0 Å². The highest BCUT2D eigenvalue weighted by Gasteiger charge is 2.14. The summed E-state index contributed by atoms with van der Waals surface area (Å²) in [4.78, 5) is 5.92. The second kappa shape index (κ2) is 9.35. The van der Waals surface area contributed by atoms with E-state index in [0.717, 1.165) is 5.88 Å². The number of hydrogen-bond acceptors (Lipinski definition) is 3. The Balaban J connectivity index is 0.000000171. The molecule has 4 aromatic carbocycles. The smallest absolute Gasteiger partial charge is 0.0683 e. The molecule has 0 fully saturated rings. The van der Waals surface area contributed by atoms with Crippen LogP contribution in [0.25, 0.3) is 0 Å². The summed E-state index contributed by atoms with van der Waals surface area (Å²) in [5.41, 5.74) is 4.87. The molecule has 29 heavy (non-hydrogen) atoms. The minimum Gasteiger partial charge on any atom is -0.364 e. The maximum Gasteiger partial charge on any atom is 0.0683 e. The molecule has 144 valence electrons. The number of nitrogens with zero attached hydrogens (tertiary/aromatic N) is 2. The number of thioether (sulfide) groups is 1. The van der Waals surface area contributed by atoms with Gasteiger partial charge in [0.05, 0.1) is 11.6 Å². The molecule has 0 N–H and O–H groups in total. The fraction of sp³-hybridized carbons (Fsp3) is 0.0769. The van der Waals surface area contributed by atoms with Crippen LogP contribution in [-0.2, 0) is 0 Å². The number of para-hydroxylation sites is 4. The fourth-order valence-electron chi connectivity index (χ4n) is 3.31. The minimum atomic E-state index is 1.10.